The first kappa shape index (κ1) is 12.3. The van der Waals surface area contributed by atoms with E-state index in [4.69, 9.17) is 4.42 Å². The maximum atomic E-state index is 11.8. The molecule has 0 aliphatic heterocycles. The Morgan fingerprint density at radius 3 is 2.71 bits per heavy atom. The molecular weight excluding hydrogens is 304 g/mol. The van der Waals surface area contributed by atoms with E-state index in [0.717, 1.165) is 4.47 Å². The molecule has 0 aliphatic rings. The molecule has 0 aliphatic carbocycles. The molecule has 2 aromatic rings. The van der Waals surface area contributed by atoms with E-state index in [1.807, 2.05) is 5.38 Å². The Morgan fingerprint density at radius 2 is 2.18 bits per heavy atom. The second-order valence-electron chi connectivity index (χ2n) is 3.54. The largest absolute Gasteiger partial charge is 0.469 e. The number of rotatable bonds is 4. The van der Waals surface area contributed by atoms with Gasteiger partial charge in [0.05, 0.1) is 23.1 Å². The maximum absolute atomic E-state index is 11.8. The summed E-state index contributed by atoms with van der Waals surface area (Å²) < 4.78 is 5.90. The first-order valence-corrected chi connectivity index (χ1v) is 6.59. The quantitative estimate of drug-likeness (QED) is 0.636. The molecule has 0 atom stereocenters. The maximum Gasteiger partial charge on any atom is 0.180 e. The molecule has 0 radical (unpaired) electrons. The Balaban J connectivity index is 2.10. The summed E-state index contributed by atoms with van der Waals surface area (Å²) in [7, 11) is 0. The Morgan fingerprint density at radius 1 is 1.41 bits per heavy atom. The van der Waals surface area contributed by atoms with Gasteiger partial charge in [0.25, 0.3) is 0 Å². The van der Waals surface area contributed by atoms with Crippen LogP contribution in [0.3, 0.4) is 0 Å². The van der Waals surface area contributed by atoms with E-state index in [1.54, 1.807) is 19.1 Å². The molecule has 0 bridgehead atoms. The van der Waals surface area contributed by atoms with Crippen LogP contribution in [-0.4, -0.2) is 11.6 Å². The van der Waals surface area contributed by atoms with Crippen molar-refractivity contribution in [2.45, 2.75) is 13.3 Å². The van der Waals surface area contributed by atoms with Crippen LogP contribution in [0.25, 0.3) is 0 Å². The summed E-state index contributed by atoms with van der Waals surface area (Å²) in [5, 5.41) is 1.82. The van der Waals surface area contributed by atoms with Crippen molar-refractivity contribution < 1.29 is 14.0 Å². The van der Waals surface area contributed by atoms with E-state index < -0.39 is 0 Å². The van der Waals surface area contributed by atoms with E-state index in [1.165, 1.54) is 17.6 Å². The lowest BCUT2D eigenvalue weighted by atomic mass is 10.1. The molecule has 0 unspecified atom stereocenters. The fraction of sp³-hybridized carbons (Fsp3) is 0.167. The van der Waals surface area contributed by atoms with Crippen LogP contribution < -0.4 is 0 Å². The Bertz CT molecular complexity index is 568. The zero-order valence-corrected chi connectivity index (χ0v) is 11.4. The second kappa shape index (κ2) is 4.98. The second-order valence-corrected chi connectivity index (χ2v) is 5.37. The average Bonchev–Trinajstić information content (AvgIpc) is 2.86. The first-order valence-electron chi connectivity index (χ1n) is 4.92. The molecule has 2 heterocycles. The number of furan rings is 1. The molecular formula is C12H9BrO3S. The van der Waals surface area contributed by atoms with E-state index in [0.29, 0.717) is 16.2 Å². The van der Waals surface area contributed by atoms with Crippen molar-refractivity contribution in [3.05, 3.63) is 44.4 Å². The number of carbonyl (C=O) groups is 2. The van der Waals surface area contributed by atoms with Gasteiger partial charge in [0, 0.05) is 9.85 Å². The number of hydrogen-bond donors (Lipinski definition) is 0. The van der Waals surface area contributed by atoms with Gasteiger partial charge in [-0.1, -0.05) is 0 Å². The first-order chi connectivity index (χ1) is 8.08. The number of thiophene rings is 1. The minimum atomic E-state index is -0.203. The fourth-order valence-electron chi connectivity index (χ4n) is 1.46. The van der Waals surface area contributed by atoms with Crippen molar-refractivity contribution in [3.63, 3.8) is 0 Å². The molecule has 2 rings (SSSR count). The van der Waals surface area contributed by atoms with Gasteiger partial charge in [-0.25, -0.2) is 0 Å². The molecule has 88 valence electrons. The molecule has 3 nitrogen and oxygen atoms in total. The van der Waals surface area contributed by atoms with Gasteiger partial charge in [-0.15, -0.1) is 11.3 Å². The zero-order chi connectivity index (χ0) is 12.4. The predicted octanol–water partition coefficient (Wildman–Crippen LogP) is 3.87. The molecule has 0 fully saturated rings. The average molecular weight is 313 g/mol. The van der Waals surface area contributed by atoms with Gasteiger partial charge in [-0.05, 0) is 35.0 Å². The summed E-state index contributed by atoms with van der Waals surface area (Å²) >= 11 is 4.60. The Kier molecular flexibility index (Phi) is 3.59. The highest BCUT2D eigenvalue weighted by Gasteiger charge is 2.17. The van der Waals surface area contributed by atoms with Crippen molar-refractivity contribution in [3.8, 4) is 0 Å². The molecule has 17 heavy (non-hydrogen) atoms. The van der Waals surface area contributed by atoms with E-state index in [2.05, 4.69) is 15.9 Å². The molecule has 0 N–H and O–H groups in total. The van der Waals surface area contributed by atoms with Crippen LogP contribution in [0.15, 0.2) is 32.7 Å². The van der Waals surface area contributed by atoms with Gasteiger partial charge in [0.2, 0.25) is 0 Å². The van der Waals surface area contributed by atoms with Crippen molar-refractivity contribution >= 4 is 38.8 Å². The third-order valence-corrected chi connectivity index (χ3v) is 4.05. The summed E-state index contributed by atoms with van der Waals surface area (Å²) in [6.45, 7) is 1.71. The monoisotopic (exact) mass is 312 g/mol. The lowest BCUT2D eigenvalue weighted by Crippen LogP contribution is -2.07. The van der Waals surface area contributed by atoms with Crippen LogP contribution in [0.2, 0.25) is 0 Å². The lowest BCUT2D eigenvalue weighted by Gasteiger charge is -1.97. The number of carbonyl (C=O) groups excluding carboxylic acids is 2. The van der Waals surface area contributed by atoms with Gasteiger partial charge in [-0.2, -0.15) is 0 Å². The summed E-state index contributed by atoms with van der Waals surface area (Å²) in [6.07, 6.45) is 1.34. The van der Waals surface area contributed by atoms with Gasteiger partial charge >= 0.3 is 0 Å². The van der Waals surface area contributed by atoms with Crippen LogP contribution in [-0.2, 0) is 0 Å². The molecule has 0 amide bonds. The summed E-state index contributed by atoms with van der Waals surface area (Å²) in [6, 6.07) is 3.32. The topological polar surface area (TPSA) is 47.3 Å². The van der Waals surface area contributed by atoms with E-state index in [-0.39, 0.29) is 18.0 Å². The summed E-state index contributed by atoms with van der Waals surface area (Å²) in [5.74, 6) is 0.187. The minimum absolute atomic E-state index is 0.118. The van der Waals surface area contributed by atoms with Crippen LogP contribution in [0.5, 0.6) is 0 Å². The number of aryl methyl sites for hydroxylation is 1. The Hall–Kier alpha value is -1.20. The van der Waals surface area contributed by atoms with Gasteiger partial charge < -0.3 is 4.42 Å². The van der Waals surface area contributed by atoms with Gasteiger partial charge in [0.1, 0.15) is 5.76 Å². The van der Waals surface area contributed by atoms with Crippen molar-refractivity contribution in [1.82, 2.24) is 0 Å². The number of hydrogen-bond acceptors (Lipinski definition) is 4. The molecule has 0 saturated heterocycles. The number of Topliss-reactive ketones (excluding diaryl/α,β-unsaturated/α-hetero) is 2. The van der Waals surface area contributed by atoms with Gasteiger partial charge in [0.15, 0.2) is 11.6 Å². The standard InChI is InChI=1S/C12H9BrO3S/c1-7-9(2-3-16-7)10(14)5-11(15)12-4-8(13)6-17-12/h2-4,6H,5H2,1H3. The minimum Gasteiger partial charge on any atom is -0.469 e. The van der Waals surface area contributed by atoms with Gasteiger partial charge in [-0.3, -0.25) is 9.59 Å². The molecule has 0 spiro atoms. The zero-order valence-electron chi connectivity index (χ0n) is 9.03. The predicted molar refractivity (Wildman–Crippen MR) is 68.7 cm³/mol. The smallest absolute Gasteiger partial charge is 0.180 e. The number of ketones is 2. The van der Waals surface area contributed by atoms with Crippen LogP contribution in [0.1, 0.15) is 32.2 Å². The molecule has 0 saturated carbocycles. The highest BCUT2D eigenvalue weighted by Crippen LogP contribution is 2.22. The molecule has 2 aromatic heterocycles. The van der Waals surface area contributed by atoms with E-state index >= 15 is 0 Å². The Labute approximate surface area is 111 Å². The molecule has 0 aromatic carbocycles. The highest BCUT2D eigenvalue weighted by atomic mass is 79.9. The van der Waals surface area contributed by atoms with Crippen molar-refractivity contribution in [1.29, 1.82) is 0 Å². The number of halogens is 1. The van der Waals surface area contributed by atoms with Crippen molar-refractivity contribution in [2.24, 2.45) is 0 Å². The summed E-state index contributed by atoms with van der Waals surface area (Å²) in [4.78, 5) is 24.2. The van der Waals surface area contributed by atoms with Crippen LogP contribution in [0.4, 0.5) is 0 Å². The summed E-state index contributed by atoms with van der Waals surface area (Å²) in [5.41, 5.74) is 0.481. The van der Waals surface area contributed by atoms with Crippen LogP contribution in [0, 0.1) is 6.92 Å². The highest BCUT2D eigenvalue weighted by molar-refractivity contribution is 9.10. The fourth-order valence-corrected chi connectivity index (χ4v) is 2.83. The van der Waals surface area contributed by atoms with Crippen molar-refractivity contribution in [2.75, 3.05) is 0 Å². The SMILES string of the molecule is Cc1occc1C(=O)CC(=O)c1cc(Br)cs1. The van der Waals surface area contributed by atoms with E-state index in [9.17, 15) is 9.59 Å². The van der Waals surface area contributed by atoms with Crippen LogP contribution >= 0.6 is 27.3 Å². The third-order valence-electron chi connectivity index (χ3n) is 2.32. The normalized spacial score (nSPS) is 10.5. The third kappa shape index (κ3) is 2.73. The molecule has 5 heteroatoms. The lowest BCUT2D eigenvalue weighted by molar-refractivity contribution is 0.0896.